The molecule has 1 saturated heterocycles. The van der Waals surface area contributed by atoms with Gasteiger partial charge in [0.05, 0.1) is 0 Å². The summed E-state index contributed by atoms with van der Waals surface area (Å²) in [5, 5.41) is 3.83. The molecule has 2 heterocycles. The van der Waals surface area contributed by atoms with Crippen molar-refractivity contribution in [2.75, 3.05) is 11.4 Å². The molecule has 0 N–H and O–H groups in total. The van der Waals surface area contributed by atoms with E-state index >= 15 is 0 Å². The van der Waals surface area contributed by atoms with Crippen LogP contribution in [0.1, 0.15) is 29.3 Å². The fourth-order valence-electron chi connectivity index (χ4n) is 2.60. The number of anilines is 1. The summed E-state index contributed by atoms with van der Waals surface area (Å²) in [6.45, 7) is 4.68. The minimum atomic E-state index is 0.0204. The number of rotatable bonds is 2. The zero-order valence-corrected chi connectivity index (χ0v) is 11.0. The van der Waals surface area contributed by atoms with Crippen LogP contribution in [-0.4, -0.2) is 22.6 Å². The SMILES string of the molecule is Cc1cc(C)cc(N2CC(c3ncon3)CC2=O)c1. The molecule has 1 atom stereocenters. The molecule has 2 aromatic rings. The number of aromatic nitrogens is 2. The third kappa shape index (κ3) is 2.23. The van der Waals surface area contributed by atoms with Gasteiger partial charge < -0.3 is 9.42 Å². The molecule has 3 rings (SSSR count). The van der Waals surface area contributed by atoms with Gasteiger partial charge in [0.15, 0.2) is 5.82 Å². The number of carbonyl (C=O) groups is 1. The number of aryl methyl sites for hydroxylation is 2. The lowest BCUT2D eigenvalue weighted by Crippen LogP contribution is -2.24. The van der Waals surface area contributed by atoms with E-state index in [4.69, 9.17) is 4.52 Å². The normalized spacial score (nSPS) is 19.2. The van der Waals surface area contributed by atoms with Crippen LogP contribution in [0.3, 0.4) is 0 Å². The summed E-state index contributed by atoms with van der Waals surface area (Å²) in [6, 6.07) is 6.16. The minimum absolute atomic E-state index is 0.0204. The Balaban J connectivity index is 1.88. The Bertz CT molecular complexity index is 587. The van der Waals surface area contributed by atoms with Gasteiger partial charge in [-0.05, 0) is 37.1 Å². The molecule has 0 radical (unpaired) electrons. The van der Waals surface area contributed by atoms with Gasteiger partial charge in [0.2, 0.25) is 12.3 Å². The molecule has 1 aromatic heterocycles. The van der Waals surface area contributed by atoms with Gasteiger partial charge in [0, 0.05) is 24.6 Å². The first kappa shape index (κ1) is 11.9. The molecule has 19 heavy (non-hydrogen) atoms. The highest BCUT2D eigenvalue weighted by Crippen LogP contribution is 2.31. The third-order valence-corrected chi connectivity index (χ3v) is 3.39. The van der Waals surface area contributed by atoms with Crippen molar-refractivity contribution < 1.29 is 9.32 Å². The quantitative estimate of drug-likeness (QED) is 0.827. The van der Waals surface area contributed by atoms with E-state index in [9.17, 15) is 4.79 Å². The van der Waals surface area contributed by atoms with E-state index in [0.717, 1.165) is 16.8 Å². The zero-order chi connectivity index (χ0) is 13.4. The van der Waals surface area contributed by atoms with Crippen LogP contribution in [0.4, 0.5) is 5.69 Å². The molecule has 0 bridgehead atoms. The fraction of sp³-hybridized carbons (Fsp3) is 0.357. The van der Waals surface area contributed by atoms with Crippen molar-refractivity contribution in [3.63, 3.8) is 0 Å². The third-order valence-electron chi connectivity index (χ3n) is 3.39. The Hall–Kier alpha value is -2.17. The molecule has 98 valence electrons. The average molecular weight is 257 g/mol. The van der Waals surface area contributed by atoms with Crippen LogP contribution in [0.25, 0.3) is 0 Å². The number of amides is 1. The Morgan fingerprint density at radius 3 is 2.63 bits per heavy atom. The standard InChI is InChI=1S/C14H15N3O2/c1-9-3-10(2)5-12(4-9)17-7-11(6-13(17)18)14-15-8-19-16-14/h3-5,8,11H,6-7H2,1-2H3. The molecule has 5 nitrogen and oxygen atoms in total. The van der Waals surface area contributed by atoms with Crippen LogP contribution in [0.15, 0.2) is 29.1 Å². The molecule has 5 heteroatoms. The van der Waals surface area contributed by atoms with E-state index in [1.165, 1.54) is 6.39 Å². The summed E-state index contributed by atoms with van der Waals surface area (Å²) in [5.74, 6) is 0.743. The van der Waals surface area contributed by atoms with Gasteiger partial charge in [0.1, 0.15) is 0 Å². The summed E-state index contributed by atoms with van der Waals surface area (Å²) < 4.78 is 4.75. The number of hydrogen-bond acceptors (Lipinski definition) is 4. The number of benzene rings is 1. The van der Waals surface area contributed by atoms with E-state index in [2.05, 4.69) is 16.2 Å². The summed E-state index contributed by atoms with van der Waals surface area (Å²) in [4.78, 5) is 18.0. The Labute approximate surface area is 111 Å². The molecule has 1 aliphatic rings. The largest absolute Gasteiger partial charge is 0.343 e. The van der Waals surface area contributed by atoms with Gasteiger partial charge in [-0.25, -0.2) is 0 Å². The van der Waals surface area contributed by atoms with Crippen LogP contribution in [0.2, 0.25) is 0 Å². The summed E-state index contributed by atoms with van der Waals surface area (Å²) in [6.07, 6.45) is 1.74. The predicted molar refractivity (Wildman–Crippen MR) is 69.9 cm³/mol. The molecule has 1 unspecified atom stereocenters. The predicted octanol–water partition coefficient (Wildman–Crippen LogP) is 2.21. The zero-order valence-electron chi connectivity index (χ0n) is 11.0. The van der Waals surface area contributed by atoms with Crippen molar-refractivity contribution in [3.05, 3.63) is 41.5 Å². The Morgan fingerprint density at radius 1 is 1.26 bits per heavy atom. The van der Waals surface area contributed by atoms with E-state index in [1.54, 1.807) is 4.90 Å². The first-order valence-corrected chi connectivity index (χ1v) is 6.28. The molecular weight excluding hydrogens is 242 g/mol. The van der Waals surface area contributed by atoms with Gasteiger partial charge in [-0.1, -0.05) is 11.2 Å². The van der Waals surface area contributed by atoms with Crippen molar-refractivity contribution >= 4 is 11.6 Å². The van der Waals surface area contributed by atoms with Gasteiger partial charge in [-0.2, -0.15) is 4.98 Å². The van der Waals surface area contributed by atoms with E-state index in [1.807, 2.05) is 26.0 Å². The van der Waals surface area contributed by atoms with Crippen LogP contribution < -0.4 is 4.90 Å². The van der Waals surface area contributed by atoms with Crippen molar-refractivity contribution in [3.8, 4) is 0 Å². The number of carbonyl (C=O) groups excluding carboxylic acids is 1. The maximum atomic E-state index is 12.1. The van der Waals surface area contributed by atoms with Gasteiger partial charge in [-0.15, -0.1) is 0 Å². The molecule has 1 aliphatic heterocycles. The van der Waals surface area contributed by atoms with Crippen molar-refractivity contribution in [1.82, 2.24) is 10.1 Å². The summed E-state index contributed by atoms with van der Waals surface area (Å²) in [7, 11) is 0. The van der Waals surface area contributed by atoms with Crippen molar-refractivity contribution in [1.29, 1.82) is 0 Å². The molecular formula is C14H15N3O2. The minimum Gasteiger partial charge on any atom is -0.343 e. The lowest BCUT2D eigenvalue weighted by molar-refractivity contribution is -0.117. The lowest BCUT2D eigenvalue weighted by Gasteiger charge is -2.17. The number of nitrogens with zero attached hydrogens (tertiary/aromatic N) is 3. The van der Waals surface area contributed by atoms with Crippen molar-refractivity contribution in [2.24, 2.45) is 0 Å². The summed E-state index contributed by atoms with van der Waals surface area (Å²) in [5.41, 5.74) is 3.27. The highest BCUT2D eigenvalue weighted by molar-refractivity contribution is 5.96. The van der Waals surface area contributed by atoms with E-state index in [-0.39, 0.29) is 11.8 Å². The first-order chi connectivity index (χ1) is 9.13. The van der Waals surface area contributed by atoms with Crippen LogP contribution in [0, 0.1) is 13.8 Å². The molecule has 1 fully saturated rings. The van der Waals surface area contributed by atoms with Gasteiger partial charge >= 0.3 is 0 Å². The van der Waals surface area contributed by atoms with Gasteiger partial charge in [-0.3, -0.25) is 4.79 Å². The van der Waals surface area contributed by atoms with Crippen LogP contribution in [-0.2, 0) is 4.79 Å². The Morgan fingerprint density at radius 2 is 2.00 bits per heavy atom. The number of hydrogen-bond donors (Lipinski definition) is 0. The van der Waals surface area contributed by atoms with Gasteiger partial charge in [0.25, 0.3) is 0 Å². The first-order valence-electron chi connectivity index (χ1n) is 6.28. The van der Waals surface area contributed by atoms with E-state index in [0.29, 0.717) is 18.8 Å². The smallest absolute Gasteiger partial charge is 0.227 e. The molecule has 0 spiro atoms. The molecule has 0 saturated carbocycles. The molecule has 0 aliphatic carbocycles. The molecule has 1 aromatic carbocycles. The second-order valence-corrected chi connectivity index (χ2v) is 5.04. The Kier molecular flexibility index (Phi) is 2.81. The monoisotopic (exact) mass is 257 g/mol. The second kappa shape index (κ2) is 4.50. The summed E-state index contributed by atoms with van der Waals surface area (Å²) >= 11 is 0. The average Bonchev–Trinajstić information content (AvgIpc) is 2.95. The maximum absolute atomic E-state index is 12.1. The highest BCUT2D eigenvalue weighted by Gasteiger charge is 2.34. The van der Waals surface area contributed by atoms with Crippen LogP contribution in [0.5, 0.6) is 0 Å². The highest BCUT2D eigenvalue weighted by atomic mass is 16.5. The second-order valence-electron chi connectivity index (χ2n) is 5.04. The van der Waals surface area contributed by atoms with Crippen LogP contribution >= 0.6 is 0 Å². The van der Waals surface area contributed by atoms with Crippen molar-refractivity contribution in [2.45, 2.75) is 26.2 Å². The van der Waals surface area contributed by atoms with E-state index < -0.39 is 0 Å². The maximum Gasteiger partial charge on any atom is 0.227 e. The lowest BCUT2D eigenvalue weighted by atomic mass is 10.1. The fourth-order valence-corrected chi connectivity index (χ4v) is 2.60. The topological polar surface area (TPSA) is 59.2 Å². The molecule has 1 amide bonds.